The first-order chi connectivity index (χ1) is 6.44. The largest absolute Gasteiger partial charge is 0.234 e. The molecule has 76 valence electrons. The summed E-state index contributed by atoms with van der Waals surface area (Å²) in [7, 11) is 2.39. The molecule has 1 aromatic rings. The maximum Gasteiger partial charge on any atom is 0.151 e. The minimum Gasteiger partial charge on any atom is -0.234 e. The summed E-state index contributed by atoms with van der Waals surface area (Å²) in [5, 5.41) is -1.22. The lowest BCUT2D eigenvalue weighted by molar-refractivity contribution is 0.221. The lowest BCUT2D eigenvalue weighted by Crippen LogP contribution is -2.16. The number of benzene rings is 1. The summed E-state index contributed by atoms with van der Waals surface area (Å²) < 4.78 is 14.4. The van der Waals surface area contributed by atoms with Gasteiger partial charge in [0.25, 0.3) is 0 Å². The molecule has 0 saturated carbocycles. The van der Waals surface area contributed by atoms with Crippen LogP contribution in [-0.4, -0.2) is 0 Å². The second-order valence-electron chi connectivity index (χ2n) is 4.41. The molecule has 0 fully saturated rings. The Hall–Kier alpha value is -0.420. The van der Waals surface area contributed by atoms with E-state index in [0.29, 0.717) is 0 Å². The van der Waals surface area contributed by atoms with Crippen LogP contribution in [0, 0.1) is 19.8 Å². The molecule has 0 aromatic heterocycles. The summed E-state index contributed by atoms with van der Waals surface area (Å²) in [6, 6.07) is 4.16. The Morgan fingerprint density at radius 1 is 1.43 bits per heavy atom. The van der Waals surface area contributed by atoms with E-state index < -0.39 is 5.41 Å². The molecule has 0 amide bonds. The first kappa shape index (κ1) is 10.1. The van der Waals surface area contributed by atoms with Crippen LogP contribution in [-0.2, 0) is 11.8 Å². The monoisotopic (exact) mass is 210 g/mol. The van der Waals surface area contributed by atoms with E-state index in [4.69, 9.17) is 0 Å². The lowest BCUT2D eigenvalue weighted by Gasteiger charge is -2.22. The van der Waals surface area contributed by atoms with E-state index in [0.717, 1.165) is 17.5 Å². The molecule has 0 aliphatic heterocycles. The third-order valence-electron chi connectivity index (χ3n) is 3.45. The van der Waals surface area contributed by atoms with E-state index in [2.05, 4.69) is 21.4 Å². The van der Waals surface area contributed by atoms with Gasteiger partial charge in [-0.25, -0.2) is 4.39 Å². The zero-order valence-corrected chi connectivity index (χ0v) is 10.0. The lowest BCUT2D eigenvalue weighted by atomic mass is 9.98. The molecule has 0 nitrogen and oxygen atoms in total. The first-order valence-corrected chi connectivity index (χ1v) is 5.59. The Morgan fingerprint density at radius 2 is 2.07 bits per heavy atom. The van der Waals surface area contributed by atoms with Crippen molar-refractivity contribution in [2.45, 2.75) is 32.6 Å². The predicted octanol–water partition coefficient (Wildman–Crippen LogP) is 3.49. The van der Waals surface area contributed by atoms with Gasteiger partial charge in [-0.3, -0.25) is 0 Å². The fraction of sp³-hybridized carbons (Fsp3) is 0.500. The predicted molar refractivity (Wildman–Crippen MR) is 61.3 cm³/mol. The molecule has 1 aliphatic carbocycles. The third-order valence-corrected chi connectivity index (χ3v) is 4.31. The van der Waals surface area contributed by atoms with E-state index >= 15 is 0 Å². The highest BCUT2D eigenvalue weighted by atomic mass is 31.0. The molecule has 1 aromatic carbocycles. The number of fused-ring (bicyclic) bond motifs is 1. The van der Waals surface area contributed by atoms with Crippen LogP contribution in [0.2, 0.25) is 0 Å². The van der Waals surface area contributed by atoms with Gasteiger partial charge in [-0.15, -0.1) is 0 Å². The molecule has 0 bridgehead atoms. The van der Waals surface area contributed by atoms with Crippen molar-refractivity contribution in [3.05, 3.63) is 34.4 Å². The molecular formula is C12H16FP. The van der Waals surface area contributed by atoms with Crippen molar-refractivity contribution < 1.29 is 4.39 Å². The Morgan fingerprint density at radius 3 is 2.71 bits per heavy atom. The van der Waals surface area contributed by atoms with Crippen LogP contribution in [0.25, 0.3) is 0 Å². The molecule has 1 aliphatic rings. The van der Waals surface area contributed by atoms with Gasteiger partial charge in [-0.2, -0.15) is 0 Å². The van der Waals surface area contributed by atoms with Crippen LogP contribution < -0.4 is 0 Å². The number of halogens is 1. The van der Waals surface area contributed by atoms with Crippen LogP contribution in [0.3, 0.4) is 0 Å². The molecule has 2 rings (SSSR count). The van der Waals surface area contributed by atoms with Crippen molar-refractivity contribution in [2.24, 2.45) is 5.92 Å². The molecular weight excluding hydrogens is 194 g/mol. The molecule has 3 unspecified atom stereocenters. The smallest absolute Gasteiger partial charge is 0.151 e. The normalized spacial score (nSPS) is 30.5. The Balaban J connectivity index is 2.68. The van der Waals surface area contributed by atoms with Crippen LogP contribution in [0.4, 0.5) is 4.39 Å². The highest BCUT2D eigenvalue weighted by molar-refractivity contribution is 7.18. The highest BCUT2D eigenvalue weighted by Gasteiger charge is 2.42. The Kier molecular flexibility index (Phi) is 2.19. The molecule has 0 spiro atoms. The van der Waals surface area contributed by atoms with Crippen molar-refractivity contribution >= 4 is 9.24 Å². The maximum absolute atomic E-state index is 14.4. The van der Waals surface area contributed by atoms with Gasteiger partial charge in [0.15, 0.2) is 5.41 Å². The van der Waals surface area contributed by atoms with Gasteiger partial charge in [0.2, 0.25) is 0 Å². The van der Waals surface area contributed by atoms with E-state index in [1.165, 1.54) is 11.1 Å². The number of aryl methyl sites for hydroxylation is 1. The summed E-state index contributed by atoms with van der Waals surface area (Å²) in [6.45, 7) is 6.03. The van der Waals surface area contributed by atoms with Gasteiger partial charge in [0, 0.05) is 5.92 Å². The second kappa shape index (κ2) is 3.03. The zero-order chi connectivity index (χ0) is 10.5. The van der Waals surface area contributed by atoms with Gasteiger partial charge in [0.1, 0.15) is 0 Å². The number of rotatable bonds is 0. The third kappa shape index (κ3) is 1.22. The van der Waals surface area contributed by atoms with Crippen molar-refractivity contribution in [3.8, 4) is 0 Å². The minimum absolute atomic E-state index is 0.0722. The fourth-order valence-electron chi connectivity index (χ4n) is 2.30. The second-order valence-corrected chi connectivity index (χ2v) is 5.26. The molecule has 0 radical (unpaired) electrons. The number of alkyl halides is 1. The zero-order valence-electron chi connectivity index (χ0n) is 8.89. The van der Waals surface area contributed by atoms with E-state index in [9.17, 15) is 4.39 Å². The molecule has 0 N–H and O–H groups in total. The number of hydrogen-bond acceptors (Lipinski definition) is 0. The van der Waals surface area contributed by atoms with Gasteiger partial charge in [-0.1, -0.05) is 28.3 Å². The summed E-state index contributed by atoms with van der Waals surface area (Å²) in [5.74, 6) is 0.0722. The Bertz CT molecular complexity index is 382. The average molecular weight is 210 g/mol. The quantitative estimate of drug-likeness (QED) is 0.575. The summed E-state index contributed by atoms with van der Waals surface area (Å²) in [4.78, 5) is 0. The molecule has 0 saturated heterocycles. The molecule has 14 heavy (non-hydrogen) atoms. The summed E-state index contributed by atoms with van der Waals surface area (Å²) in [5.41, 5.74) is 4.39. The molecule has 2 heteroatoms. The van der Waals surface area contributed by atoms with E-state index in [1.807, 2.05) is 20.8 Å². The van der Waals surface area contributed by atoms with E-state index in [-0.39, 0.29) is 5.92 Å². The minimum atomic E-state index is -1.22. The van der Waals surface area contributed by atoms with Crippen LogP contribution >= 0.6 is 9.24 Å². The Labute approximate surface area is 87.1 Å². The maximum atomic E-state index is 14.4. The number of hydrogen-bond donors (Lipinski definition) is 0. The summed E-state index contributed by atoms with van der Waals surface area (Å²) in [6.07, 6.45) is 0.858. The fourth-order valence-corrected chi connectivity index (χ4v) is 2.82. The average Bonchev–Trinajstić information content (AvgIpc) is 2.32. The van der Waals surface area contributed by atoms with Crippen molar-refractivity contribution in [2.75, 3.05) is 0 Å². The van der Waals surface area contributed by atoms with Gasteiger partial charge >= 0.3 is 0 Å². The van der Waals surface area contributed by atoms with E-state index in [1.54, 1.807) is 0 Å². The van der Waals surface area contributed by atoms with Gasteiger partial charge < -0.3 is 0 Å². The summed E-state index contributed by atoms with van der Waals surface area (Å²) >= 11 is 0. The van der Waals surface area contributed by atoms with Crippen LogP contribution in [0.1, 0.15) is 29.2 Å². The SMILES string of the molecule is Cc1ccc2c(c1C)C(F)(P)C(C)C2. The first-order valence-electron chi connectivity index (χ1n) is 5.02. The van der Waals surface area contributed by atoms with Crippen molar-refractivity contribution in [1.29, 1.82) is 0 Å². The van der Waals surface area contributed by atoms with Crippen molar-refractivity contribution in [3.63, 3.8) is 0 Å². The highest BCUT2D eigenvalue weighted by Crippen LogP contribution is 2.50. The van der Waals surface area contributed by atoms with Crippen LogP contribution in [0.15, 0.2) is 12.1 Å². The van der Waals surface area contributed by atoms with Crippen molar-refractivity contribution in [1.82, 2.24) is 0 Å². The molecule has 0 heterocycles. The van der Waals surface area contributed by atoms with Gasteiger partial charge in [0.05, 0.1) is 0 Å². The standard InChI is InChI=1S/C12H16FP/c1-7-4-5-10-6-8(2)12(13,14)11(10)9(7)3/h4-5,8H,6,14H2,1-3H3. The van der Waals surface area contributed by atoms with Crippen LogP contribution in [0.5, 0.6) is 0 Å². The topological polar surface area (TPSA) is 0 Å². The molecule has 3 atom stereocenters. The van der Waals surface area contributed by atoms with Gasteiger partial charge in [-0.05, 0) is 42.5 Å².